The SMILES string of the molecule is [2H]C([2H])([2H])N=S(C)(=O)C1(c2cc(N3CCOC[C@H]3C)nc(Cl)n2)CC1. The van der Waals surface area contributed by atoms with E-state index < -0.39 is 21.5 Å². The molecule has 1 unspecified atom stereocenters. The van der Waals surface area contributed by atoms with E-state index in [0.29, 0.717) is 44.1 Å². The standard InChI is InChI=1S/C14H21ClN4O2S/c1-10-9-21-7-6-19(10)12-8-11(17-13(15)18-12)14(4-5-14)22(3,20)16-2/h8,10H,4-7,9H2,1-3H3/t10-,22?/m1/s1/i2D3. The highest BCUT2D eigenvalue weighted by Gasteiger charge is 2.53. The predicted molar refractivity (Wildman–Crippen MR) is 88.0 cm³/mol. The lowest BCUT2D eigenvalue weighted by Gasteiger charge is -2.34. The minimum atomic E-state index is -3.02. The number of nitrogens with zero attached hydrogens (tertiary/aromatic N) is 4. The summed E-state index contributed by atoms with van der Waals surface area (Å²) in [6, 6.07) is 1.89. The van der Waals surface area contributed by atoms with Crippen molar-refractivity contribution in [3.05, 3.63) is 17.0 Å². The van der Waals surface area contributed by atoms with Gasteiger partial charge in [-0.05, 0) is 31.4 Å². The number of ether oxygens (including phenoxy) is 1. The quantitative estimate of drug-likeness (QED) is 0.783. The van der Waals surface area contributed by atoms with Gasteiger partial charge in [0.2, 0.25) is 5.28 Å². The molecule has 0 N–H and O–H groups in total. The Balaban J connectivity index is 2.04. The van der Waals surface area contributed by atoms with E-state index in [2.05, 4.69) is 19.2 Å². The number of morpholine rings is 1. The fraction of sp³-hybridized carbons (Fsp3) is 0.714. The predicted octanol–water partition coefficient (Wildman–Crippen LogP) is 2.07. The molecule has 0 aromatic carbocycles. The third kappa shape index (κ3) is 2.59. The van der Waals surface area contributed by atoms with Crippen LogP contribution in [0.5, 0.6) is 0 Å². The van der Waals surface area contributed by atoms with Gasteiger partial charge in [0.1, 0.15) is 5.82 Å². The van der Waals surface area contributed by atoms with Crippen LogP contribution in [-0.2, 0) is 19.2 Å². The van der Waals surface area contributed by atoms with Crippen LogP contribution in [0, 0.1) is 0 Å². The van der Waals surface area contributed by atoms with E-state index >= 15 is 0 Å². The zero-order chi connectivity index (χ0) is 18.5. The Bertz CT molecular complexity index is 791. The van der Waals surface area contributed by atoms with Gasteiger partial charge in [-0.1, -0.05) is 0 Å². The molecule has 2 aliphatic rings. The average molecular weight is 348 g/mol. The second-order valence-corrected chi connectivity index (χ2v) is 8.79. The Kier molecular flexibility index (Phi) is 3.19. The molecule has 0 spiro atoms. The molecule has 3 rings (SSSR count). The van der Waals surface area contributed by atoms with E-state index in [1.54, 1.807) is 6.07 Å². The maximum atomic E-state index is 13.1. The van der Waals surface area contributed by atoms with Gasteiger partial charge in [0.25, 0.3) is 0 Å². The van der Waals surface area contributed by atoms with Crippen molar-refractivity contribution in [1.82, 2.24) is 9.97 Å². The van der Waals surface area contributed by atoms with Crippen molar-refractivity contribution in [3.63, 3.8) is 0 Å². The van der Waals surface area contributed by atoms with E-state index in [1.165, 1.54) is 6.26 Å². The van der Waals surface area contributed by atoms with Crippen molar-refractivity contribution >= 4 is 27.1 Å². The van der Waals surface area contributed by atoms with Crippen LogP contribution in [0.2, 0.25) is 5.28 Å². The van der Waals surface area contributed by atoms with Crippen molar-refractivity contribution in [2.75, 3.05) is 37.9 Å². The third-order valence-electron chi connectivity index (χ3n) is 4.42. The van der Waals surface area contributed by atoms with Gasteiger partial charge < -0.3 is 9.64 Å². The molecular weight excluding hydrogens is 324 g/mol. The molecule has 2 atom stereocenters. The first-order valence-corrected chi connectivity index (χ1v) is 9.47. The Morgan fingerprint density at radius 1 is 1.59 bits per heavy atom. The normalized spacial score (nSPS) is 29.0. The second kappa shape index (κ2) is 5.62. The van der Waals surface area contributed by atoms with Gasteiger partial charge in [-0.15, -0.1) is 0 Å². The smallest absolute Gasteiger partial charge is 0.224 e. The molecule has 122 valence electrons. The van der Waals surface area contributed by atoms with Gasteiger partial charge in [0.15, 0.2) is 0 Å². The lowest BCUT2D eigenvalue weighted by molar-refractivity contribution is 0.0985. The highest BCUT2D eigenvalue weighted by molar-refractivity contribution is 7.94. The molecular formula is C14H21ClN4O2S. The highest BCUT2D eigenvalue weighted by Crippen LogP contribution is 2.53. The van der Waals surface area contributed by atoms with Crippen molar-refractivity contribution in [3.8, 4) is 0 Å². The minimum Gasteiger partial charge on any atom is -0.377 e. The maximum Gasteiger partial charge on any atom is 0.224 e. The van der Waals surface area contributed by atoms with Crippen LogP contribution in [0.1, 0.15) is 29.6 Å². The molecule has 22 heavy (non-hydrogen) atoms. The Morgan fingerprint density at radius 3 is 3.00 bits per heavy atom. The van der Waals surface area contributed by atoms with Crippen molar-refractivity contribution in [2.24, 2.45) is 4.36 Å². The van der Waals surface area contributed by atoms with Gasteiger partial charge in [0.05, 0.1) is 39.4 Å². The fourth-order valence-electron chi connectivity index (χ4n) is 2.88. The van der Waals surface area contributed by atoms with Gasteiger partial charge in [-0.3, -0.25) is 0 Å². The summed E-state index contributed by atoms with van der Waals surface area (Å²) in [6.07, 6.45) is 2.51. The summed E-state index contributed by atoms with van der Waals surface area (Å²) in [4.78, 5) is 10.6. The number of halogens is 1. The molecule has 1 aliphatic carbocycles. The molecule has 6 nitrogen and oxygen atoms in total. The molecule has 1 saturated carbocycles. The molecule has 1 aromatic heterocycles. The van der Waals surface area contributed by atoms with E-state index in [4.69, 9.17) is 20.5 Å². The molecule has 0 radical (unpaired) electrons. The monoisotopic (exact) mass is 347 g/mol. The minimum absolute atomic E-state index is 0.0570. The van der Waals surface area contributed by atoms with Crippen LogP contribution in [0.4, 0.5) is 5.82 Å². The van der Waals surface area contributed by atoms with Gasteiger partial charge >= 0.3 is 0 Å². The third-order valence-corrected chi connectivity index (χ3v) is 7.00. The molecule has 1 aromatic rings. The summed E-state index contributed by atoms with van der Waals surface area (Å²) in [5, 5.41) is 0.0570. The number of hydrogen-bond acceptors (Lipinski definition) is 6. The molecule has 2 heterocycles. The van der Waals surface area contributed by atoms with E-state index in [1.807, 2.05) is 6.92 Å². The first-order valence-electron chi connectivity index (χ1n) is 8.66. The molecule has 0 bridgehead atoms. The number of rotatable bonds is 3. The van der Waals surface area contributed by atoms with Gasteiger partial charge in [-0.2, -0.15) is 0 Å². The number of hydrogen-bond donors (Lipinski definition) is 0. The first-order chi connectivity index (χ1) is 11.5. The molecule has 2 fully saturated rings. The van der Waals surface area contributed by atoms with Crippen LogP contribution < -0.4 is 4.90 Å². The van der Waals surface area contributed by atoms with Gasteiger partial charge in [0, 0.05) is 30.0 Å². The van der Waals surface area contributed by atoms with Gasteiger partial charge in [-0.25, -0.2) is 18.5 Å². The van der Waals surface area contributed by atoms with Crippen LogP contribution in [0.15, 0.2) is 10.4 Å². The zero-order valence-electron chi connectivity index (χ0n) is 15.6. The van der Waals surface area contributed by atoms with Crippen LogP contribution >= 0.6 is 11.6 Å². The van der Waals surface area contributed by atoms with Crippen molar-refractivity contribution in [1.29, 1.82) is 0 Å². The topological polar surface area (TPSA) is 67.7 Å². The zero-order valence-corrected chi connectivity index (χ0v) is 14.2. The van der Waals surface area contributed by atoms with Crippen LogP contribution in [-0.4, -0.2) is 53.2 Å². The highest BCUT2D eigenvalue weighted by atomic mass is 35.5. The van der Waals surface area contributed by atoms with Crippen LogP contribution in [0.3, 0.4) is 0 Å². The summed E-state index contributed by atoms with van der Waals surface area (Å²) < 4.78 is 43.3. The van der Waals surface area contributed by atoms with Crippen molar-refractivity contribution < 1.29 is 13.1 Å². The summed E-state index contributed by atoms with van der Waals surface area (Å²) in [5.74, 6) is 0.640. The van der Waals surface area contributed by atoms with E-state index in [0.717, 1.165) is 0 Å². The Morgan fingerprint density at radius 2 is 2.36 bits per heavy atom. The molecule has 1 saturated heterocycles. The van der Waals surface area contributed by atoms with Crippen molar-refractivity contribution in [2.45, 2.75) is 30.6 Å². The summed E-state index contributed by atoms with van der Waals surface area (Å²) in [6.45, 7) is 1.25. The maximum absolute atomic E-state index is 13.1. The fourth-order valence-corrected chi connectivity index (χ4v) is 4.59. The Hall–Kier alpha value is -0.920. The largest absolute Gasteiger partial charge is 0.377 e. The summed E-state index contributed by atoms with van der Waals surface area (Å²) >= 11 is 6.12. The molecule has 1 aliphatic heterocycles. The first kappa shape index (κ1) is 12.5. The second-order valence-electron chi connectivity index (χ2n) is 5.89. The lowest BCUT2D eigenvalue weighted by atomic mass is 10.2. The van der Waals surface area contributed by atoms with Crippen LogP contribution in [0.25, 0.3) is 0 Å². The molecule has 8 heteroatoms. The average Bonchev–Trinajstić information content (AvgIpc) is 3.26. The summed E-state index contributed by atoms with van der Waals surface area (Å²) in [7, 11) is -3.02. The molecule has 0 amide bonds. The Labute approximate surface area is 140 Å². The number of aromatic nitrogens is 2. The lowest BCUT2D eigenvalue weighted by Crippen LogP contribution is -2.44. The number of anilines is 1. The van der Waals surface area contributed by atoms with E-state index in [-0.39, 0.29) is 11.3 Å². The van der Waals surface area contributed by atoms with E-state index in [9.17, 15) is 4.21 Å². The summed E-state index contributed by atoms with van der Waals surface area (Å²) in [5.41, 5.74) is 0.502.